The molecule has 1 unspecified atom stereocenters. The number of benzene rings is 3. The number of carboxylic acid groups (broad SMARTS) is 1. The Balaban J connectivity index is 1.63. The summed E-state index contributed by atoms with van der Waals surface area (Å²) in [6, 6.07) is 24.9. The molecule has 1 amide bonds. The molecule has 0 aliphatic heterocycles. The van der Waals surface area contributed by atoms with Crippen molar-refractivity contribution in [1.29, 1.82) is 0 Å². The lowest BCUT2D eigenvalue weighted by molar-refractivity contribution is -0.138. The van der Waals surface area contributed by atoms with E-state index in [-0.39, 0.29) is 18.2 Å². The summed E-state index contributed by atoms with van der Waals surface area (Å²) < 4.78 is 0. The van der Waals surface area contributed by atoms with E-state index in [0.717, 1.165) is 24.8 Å². The zero-order valence-electron chi connectivity index (χ0n) is 19.0. The highest BCUT2D eigenvalue weighted by Gasteiger charge is 2.15. The van der Waals surface area contributed by atoms with Crippen LogP contribution in [0.3, 0.4) is 0 Å². The number of carbonyl (C=O) groups excluding carboxylic acids is 1. The van der Waals surface area contributed by atoms with E-state index in [0.29, 0.717) is 12.1 Å². The number of amides is 1. The maximum atomic E-state index is 12.7. The SMILES string of the molecule is CCCCC(CNC(=O)c1ccc(C[C@H](N)C(=O)O)cc1)c1ccc(-c2ccccc2)cc1. The first kappa shape index (κ1) is 24.2. The number of hydrogen-bond acceptors (Lipinski definition) is 3. The molecule has 3 aromatic carbocycles. The Kier molecular flexibility index (Phi) is 8.79. The van der Waals surface area contributed by atoms with Crippen molar-refractivity contribution in [2.45, 2.75) is 44.6 Å². The van der Waals surface area contributed by atoms with Gasteiger partial charge in [-0.2, -0.15) is 0 Å². The summed E-state index contributed by atoms with van der Waals surface area (Å²) in [6.07, 6.45) is 3.44. The van der Waals surface area contributed by atoms with Crippen molar-refractivity contribution in [3.8, 4) is 11.1 Å². The molecule has 3 aromatic rings. The molecule has 5 heteroatoms. The summed E-state index contributed by atoms with van der Waals surface area (Å²) in [4.78, 5) is 23.6. The van der Waals surface area contributed by atoms with Crippen molar-refractivity contribution in [3.05, 3.63) is 95.6 Å². The first-order chi connectivity index (χ1) is 16.0. The van der Waals surface area contributed by atoms with Gasteiger partial charge in [-0.1, -0.05) is 86.5 Å². The maximum Gasteiger partial charge on any atom is 0.320 e. The van der Waals surface area contributed by atoms with Gasteiger partial charge in [-0.15, -0.1) is 0 Å². The number of rotatable bonds is 11. The first-order valence-corrected chi connectivity index (χ1v) is 11.5. The van der Waals surface area contributed by atoms with Crippen molar-refractivity contribution >= 4 is 11.9 Å². The van der Waals surface area contributed by atoms with Crippen LogP contribution in [0.1, 0.15) is 53.6 Å². The van der Waals surface area contributed by atoms with Gasteiger partial charge in [0.15, 0.2) is 0 Å². The molecule has 0 aliphatic rings. The second kappa shape index (κ2) is 12.0. The highest BCUT2D eigenvalue weighted by molar-refractivity contribution is 5.94. The Hall–Kier alpha value is -3.44. The molecule has 5 nitrogen and oxygen atoms in total. The van der Waals surface area contributed by atoms with Gasteiger partial charge in [0.2, 0.25) is 0 Å². The fraction of sp³-hybridized carbons (Fsp3) is 0.286. The fourth-order valence-corrected chi connectivity index (χ4v) is 3.87. The van der Waals surface area contributed by atoms with E-state index in [1.807, 2.05) is 18.2 Å². The normalized spacial score (nSPS) is 12.7. The number of hydrogen-bond donors (Lipinski definition) is 3. The monoisotopic (exact) mass is 444 g/mol. The molecule has 0 fully saturated rings. The quantitative estimate of drug-likeness (QED) is 0.387. The highest BCUT2D eigenvalue weighted by Crippen LogP contribution is 2.26. The lowest BCUT2D eigenvalue weighted by Gasteiger charge is -2.19. The number of nitrogens with one attached hydrogen (secondary N) is 1. The van der Waals surface area contributed by atoms with Gasteiger partial charge in [-0.3, -0.25) is 9.59 Å². The van der Waals surface area contributed by atoms with E-state index >= 15 is 0 Å². The van der Waals surface area contributed by atoms with Gasteiger partial charge in [-0.25, -0.2) is 0 Å². The van der Waals surface area contributed by atoms with Crippen LogP contribution in [0.5, 0.6) is 0 Å². The number of unbranched alkanes of at least 4 members (excludes halogenated alkanes) is 1. The van der Waals surface area contributed by atoms with Crippen molar-refractivity contribution in [2.75, 3.05) is 6.54 Å². The van der Waals surface area contributed by atoms with E-state index in [9.17, 15) is 9.59 Å². The summed E-state index contributed by atoms with van der Waals surface area (Å²) >= 11 is 0. The van der Waals surface area contributed by atoms with Gasteiger partial charge >= 0.3 is 5.97 Å². The number of carbonyl (C=O) groups is 2. The minimum atomic E-state index is -1.04. The van der Waals surface area contributed by atoms with Gasteiger partial charge in [0, 0.05) is 18.0 Å². The molecule has 0 saturated carbocycles. The van der Waals surface area contributed by atoms with Crippen molar-refractivity contribution in [3.63, 3.8) is 0 Å². The minimum absolute atomic E-state index is 0.133. The molecule has 0 radical (unpaired) electrons. The third kappa shape index (κ3) is 7.02. The molecule has 0 saturated heterocycles. The average molecular weight is 445 g/mol. The van der Waals surface area contributed by atoms with E-state index in [1.54, 1.807) is 24.3 Å². The van der Waals surface area contributed by atoms with Crippen LogP contribution in [-0.4, -0.2) is 29.6 Å². The van der Waals surface area contributed by atoms with Gasteiger partial charge in [0.05, 0.1) is 0 Å². The molecule has 0 bridgehead atoms. The summed E-state index contributed by atoms with van der Waals surface area (Å²) in [7, 11) is 0. The van der Waals surface area contributed by atoms with Crippen molar-refractivity contribution in [1.82, 2.24) is 5.32 Å². The van der Waals surface area contributed by atoms with Gasteiger partial charge in [-0.05, 0) is 47.2 Å². The van der Waals surface area contributed by atoms with Crippen LogP contribution < -0.4 is 11.1 Å². The van der Waals surface area contributed by atoms with Crippen LogP contribution in [0.25, 0.3) is 11.1 Å². The molecule has 0 spiro atoms. The van der Waals surface area contributed by atoms with E-state index in [2.05, 4.69) is 48.6 Å². The largest absolute Gasteiger partial charge is 0.480 e. The first-order valence-electron chi connectivity index (χ1n) is 11.5. The highest BCUT2D eigenvalue weighted by atomic mass is 16.4. The Morgan fingerprint density at radius 3 is 2.15 bits per heavy atom. The Morgan fingerprint density at radius 1 is 0.909 bits per heavy atom. The Labute approximate surface area is 195 Å². The summed E-state index contributed by atoms with van der Waals surface area (Å²) in [5, 5.41) is 12.0. The number of nitrogens with two attached hydrogens (primary N) is 1. The van der Waals surface area contributed by atoms with Crippen LogP contribution >= 0.6 is 0 Å². The van der Waals surface area contributed by atoms with Crippen molar-refractivity contribution < 1.29 is 14.7 Å². The molecule has 0 aliphatic carbocycles. The lowest BCUT2D eigenvalue weighted by atomic mass is 9.92. The number of aliphatic carboxylic acids is 1. The van der Waals surface area contributed by atoms with Gasteiger partial charge in [0.1, 0.15) is 6.04 Å². The topological polar surface area (TPSA) is 92.4 Å². The molecular weight excluding hydrogens is 412 g/mol. The van der Waals surface area contributed by atoms with E-state index in [4.69, 9.17) is 10.8 Å². The number of carboxylic acids is 1. The summed E-state index contributed by atoms with van der Waals surface area (Å²) in [6.45, 7) is 2.74. The minimum Gasteiger partial charge on any atom is -0.480 e. The van der Waals surface area contributed by atoms with Crippen LogP contribution in [0.15, 0.2) is 78.9 Å². The summed E-state index contributed by atoms with van der Waals surface area (Å²) in [5.41, 5.74) is 10.5. The van der Waals surface area contributed by atoms with E-state index < -0.39 is 12.0 Å². The van der Waals surface area contributed by atoms with Crippen molar-refractivity contribution in [2.24, 2.45) is 5.73 Å². The molecule has 33 heavy (non-hydrogen) atoms. The molecule has 3 rings (SSSR count). The van der Waals surface area contributed by atoms with Gasteiger partial charge < -0.3 is 16.2 Å². The zero-order chi connectivity index (χ0) is 23.6. The lowest BCUT2D eigenvalue weighted by Crippen LogP contribution is -2.32. The molecule has 4 N–H and O–H groups in total. The van der Waals surface area contributed by atoms with Crippen LogP contribution in [-0.2, 0) is 11.2 Å². The Morgan fingerprint density at radius 2 is 1.55 bits per heavy atom. The average Bonchev–Trinajstić information content (AvgIpc) is 2.85. The molecule has 0 aromatic heterocycles. The van der Waals surface area contributed by atoms with E-state index in [1.165, 1.54) is 16.7 Å². The molecule has 2 atom stereocenters. The third-order valence-corrected chi connectivity index (χ3v) is 5.89. The van der Waals surface area contributed by atoms with Gasteiger partial charge in [0.25, 0.3) is 5.91 Å². The predicted octanol–water partition coefficient (Wildman–Crippen LogP) is 5.01. The van der Waals surface area contributed by atoms with Crippen LogP contribution in [0.2, 0.25) is 0 Å². The standard InChI is InChI=1S/C28H32N2O3/c1-2-3-7-25(23-16-14-22(15-17-23)21-8-5-4-6-9-21)19-30-27(31)24-12-10-20(11-13-24)18-26(29)28(32)33/h4-6,8-17,25-26H,2-3,7,18-19,29H2,1H3,(H,30,31)(H,32,33)/t25?,26-/m0/s1. The molecule has 172 valence electrons. The second-order valence-electron chi connectivity index (χ2n) is 8.38. The third-order valence-electron chi connectivity index (χ3n) is 5.89. The second-order valence-corrected chi connectivity index (χ2v) is 8.38. The molecular formula is C28H32N2O3. The van der Waals surface area contributed by atoms with Crippen LogP contribution in [0.4, 0.5) is 0 Å². The Bertz CT molecular complexity index is 1030. The fourth-order valence-electron chi connectivity index (χ4n) is 3.87. The summed E-state index contributed by atoms with van der Waals surface area (Å²) in [5.74, 6) is -0.926. The smallest absolute Gasteiger partial charge is 0.320 e. The zero-order valence-corrected chi connectivity index (χ0v) is 19.0. The predicted molar refractivity (Wildman–Crippen MR) is 132 cm³/mol. The maximum absolute atomic E-state index is 12.7. The molecule has 0 heterocycles. The van der Waals surface area contributed by atoms with Crippen LogP contribution in [0, 0.1) is 0 Å².